The van der Waals surface area contributed by atoms with Crippen LogP contribution in [-0.2, 0) is 15.6 Å². The molecule has 15 heavy (non-hydrogen) atoms. The van der Waals surface area contributed by atoms with Crippen LogP contribution in [0.4, 0.5) is 0 Å². The molecule has 0 saturated carbocycles. The van der Waals surface area contributed by atoms with E-state index in [2.05, 4.69) is 5.32 Å². The molecule has 3 atom stereocenters. The Hall–Kier alpha value is -0.420. The zero-order chi connectivity index (χ0) is 11.8. The molecule has 0 aromatic carbocycles. The molecule has 0 aromatic rings. The molecule has 2 N–H and O–H groups in total. The zero-order valence-corrected chi connectivity index (χ0v) is 10.5. The lowest BCUT2D eigenvalue weighted by atomic mass is 10.1. The van der Waals surface area contributed by atoms with Crippen LogP contribution in [0.25, 0.3) is 0 Å². The number of hydrogen-bond acceptors (Lipinski definition) is 3. The van der Waals surface area contributed by atoms with Crippen molar-refractivity contribution in [2.24, 2.45) is 0 Å². The predicted molar refractivity (Wildman–Crippen MR) is 62.5 cm³/mol. The molecule has 0 aliphatic heterocycles. The number of hydrogen-bond donors (Lipinski definition) is 2. The van der Waals surface area contributed by atoms with E-state index in [1.165, 1.54) is 0 Å². The minimum Gasteiger partial charge on any atom is -0.480 e. The Balaban J connectivity index is 3.93. The summed E-state index contributed by atoms with van der Waals surface area (Å²) in [5.74, 6) is -0.187. The van der Waals surface area contributed by atoms with E-state index in [0.29, 0.717) is 12.2 Å². The molecule has 0 heterocycles. The van der Waals surface area contributed by atoms with Crippen molar-refractivity contribution in [3.8, 4) is 0 Å². The molecule has 0 rings (SSSR count). The summed E-state index contributed by atoms with van der Waals surface area (Å²) in [4.78, 5) is 10.8. The smallest absolute Gasteiger partial charge is 0.320 e. The van der Waals surface area contributed by atoms with Crippen LogP contribution in [0.3, 0.4) is 0 Å². The van der Waals surface area contributed by atoms with Crippen molar-refractivity contribution in [1.82, 2.24) is 5.32 Å². The normalized spacial score (nSPS) is 17.0. The minimum atomic E-state index is -0.804. The Morgan fingerprint density at radius 1 is 1.47 bits per heavy atom. The number of carboxylic acids is 1. The Kier molecular flexibility index (Phi) is 7.60. The first-order valence-electron chi connectivity index (χ1n) is 5.26. The molecule has 90 valence electrons. The van der Waals surface area contributed by atoms with Gasteiger partial charge >= 0.3 is 5.97 Å². The van der Waals surface area contributed by atoms with Gasteiger partial charge in [0.15, 0.2) is 0 Å². The molecule has 0 spiro atoms. The Morgan fingerprint density at radius 2 is 2.07 bits per heavy atom. The number of rotatable bonds is 8. The van der Waals surface area contributed by atoms with Crippen molar-refractivity contribution < 1.29 is 14.1 Å². The second-order valence-corrected chi connectivity index (χ2v) is 5.37. The fourth-order valence-electron chi connectivity index (χ4n) is 1.34. The van der Waals surface area contributed by atoms with Crippen LogP contribution >= 0.6 is 0 Å². The number of carboxylic acid groups (broad SMARTS) is 1. The molecular formula is C10H21NO3S. The van der Waals surface area contributed by atoms with Crippen LogP contribution in [-0.4, -0.2) is 39.4 Å². The Morgan fingerprint density at radius 3 is 2.47 bits per heavy atom. The summed E-state index contributed by atoms with van der Waals surface area (Å²) in [6.07, 6.45) is 3.88. The Labute approximate surface area is 93.9 Å². The van der Waals surface area contributed by atoms with Crippen molar-refractivity contribution >= 4 is 16.8 Å². The largest absolute Gasteiger partial charge is 0.480 e. The van der Waals surface area contributed by atoms with E-state index in [-0.39, 0.29) is 6.04 Å². The summed E-state index contributed by atoms with van der Waals surface area (Å²) < 4.78 is 10.9. The molecule has 5 heteroatoms. The average Bonchev–Trinajstić information content (AvgIpc) is 2.14. The number of aliphatic carboxylic acids is 1. The second-order valence-electron chi connectivity index (χ2n) is 3.81. The van der Waals surface area contributed by atoms with Gasteiger partial charge in [0.1, 0.15) is 6.04 Å². The summed E-state index contributed by atoms with van der Waals surface area (Å²) in [6.45, 7) is 3.89. The molecule has 0 bridgehead atoms. The molecule has 0 aromatic heterocycles. The maximum atomic E-state index is 10.9. The third-order valence-electron chi connectivity index (χ3n) is 2.20. The van der Waals surface area contributed by atoms with Gasteiger partial charge in [0.05, 0.1) is 0 Å². The highest BCUT2D eigenvalue weighted by Gasteiger charge is 2.18. The predicted octanol–water partition coefficient (Wildman–Crippen LogP) is 0.986. The Bertz CT molecular complexity index is 221. The third kappa shape index (κ3) is 7.50. The molecule has 0 radical (unpaired) electrons. The van der Waals surface area contributed by atoms with Crippen molar-refractivity contribution in [1.29, 1.82) is 0 Å². The molecule has 0 aliphatic carbocycles. The van der Waals surface area contributed by atoms with Gasteiger partial charge in [0, 0.05) is 28.9 Å². The van der Waals surface area contributed by atoms with Gasteiger partial charge in [-0.15, -0.1) is 0 Å². The van der Waals surface area contributed by atoms with Crippen molar-refractivity contribution in [3.63, 3.8) is 0 Å². The average molecular weight is 235 g/mol. The van der Waals surface area contributed by atoms with Gasteiger partial charge in [-0.25, -0.2) is 0 Å². The summed E-state index contributed by atoms with van der Waals surface area (Å²) in [5.41, 5.74) is 0. The molecule has 0 aliphatic rings. The van der Waals surface area contributed by atoms with Gasteiger partial charge in [-0.05, 0) is 19.8 Å². The van der Waals surface area contributed by atoms with Crippen LogP contribution in [0.2, 0.25) is 0 Å². The number of carbonyl (C=O) groups is 1. The maximum Gasteiger partial charge on any atom is 0.320 e. The summed E-state index contributed by atoms with van der Waals surface area (Å²) in [7, 11) is -0.803. The molecule has 0 amide bonds. The monoisotopic (exact) mass is 235 g/mol. The molecular weight excluding hydrogens is 214 g/mol. The van der Waals surface area contributed by atoms with Gasteiger partial charge < -0.3 is 10.4 Å². The topological polar surface area (TPSA) is 66.4 Å². The van der Waals surface area contributed by atoms with Gasteiger partial charge in [-0.1, -0.05) is 13.3 Å². The number of nitrogens with one attached hydrogen (secondary N) is 1. The first kappa shape index (κ1) is 14.6. The van der Waals surface area contributed by atoms with E-state index in [1.807, 2.05) is 13.8 Å². The summed E-state index contributed by atoms with van der Waals surface area (Å²) in [5, 5.41) is 11.9. The molecule has 3 unspecified atom stereocenters. The van der Waals surface area contributed by atoms with Crippen LogP contribution in [0.15, 0.2) is 0 Å². The van der Waals surface area contributed by atoms with E-state index in [0.717, 1.165) is 12.8 Å². The third-order valence-corrected chi connectivity index (χ3v) is 3.01. The SMILES string of the molecule is CCCC(NC(C)CCS(C)=O)C(=O)O. The lowest BCUT2D eigenvalue weighted by Crippen LogP contribution is -2.42. The van der Waals surface area contributed by atoms with E-state index in [4.69, 9.17) is 5.11 Å². The maximum absolute atomic E-state index is 10.9. The van der Waals surface area contributed by atoms with E-state index < -0.39 is 22.8 Å². The van der Waals surface area contributed by atoms with Gasteiger partial charge in [-0.3, -0.25) is 9.00 Å². The highest BCUT2D eigenvalue weighted by Crippen LogP contribution is 2.01. The van der Waals surface area contributed by atoms with Gasteiger partial charge in [0.2, 0.25) is 0 Å². The zero-order valence-electron chi connectivity index (χ0n) is 9.66. The van der Waals surface area contributed by atoms with E-state index >= 15 is 0 Å². The summed E-state index contributed by atoms with van der Waals surface area (Å²) >= 11 is 0. The molecule has 0 fully saturated rings. The molecule has 4 nitrogen and oxygen atoms in total. The second kappa shape index (κ2) is 7.82. The van der Waals surface area contributed by atoms with E-state index in [1.54, 1.807) is 6.26 Å². The highest BCUT2D eigenvalue weighted by atomic mass is 32.2. The lowest BCUT2D eigenvalue weighted by molar-refractivity contribution is -0.139. The quantitative estimate of drug-likeness (QED) is 0.658. The standard InChI is InChI=1S/C10H21NO3S/c1-4-5-9(10(12)13)11-8(2)6-7-15(3)14/h8-9,11H,4-7H2,1-3H3,(H,12,13). The van der Waals surface area contributed by atoms with Crippen LogP contribution < -0.4 is 5.32 Å². The van der Waals surface area contributed by atoms with Gasteiger partial charge in [0.25, 0.3) is 0 Å². The first-order chi connectivity index (χ1) is 6.97. The lowest BCUT2D eigenvalue weighted by Gasteiger charge is -2.19. The fraction of sp³-hybridized carbons (Fsp3) is 0.900. The first-order valence-corrected chi connectivity index (χ1v) is 6.99. The molecule has 0 saturated heterocycles. The van der Waals surface area contributed by atoms with Crippen molar-refractivity contribution in [2.45, 2.75) is 45.2 Å². The van der Waals surface area contributed by atoms with Crippen LogP contribution in [0.1, 0.15) is 33.1 Å². The van der Waals surface area contributed by atoms with Crippen LogP contribution in [0.5, 0.6) is 0 Å². The van der Waals surface area contributed by atoms with Gasteiger partial charge in [-0.2, -0.15) is 0 Å². The minimum absolute atomic E-state index is 0.0987. The highest BCUT2D eigenvalue weighted by molar-refractivity contribution is 7.84. The van der Waals surface area contributed by atoms with Crippen molar-refractivity contribution in [2.75, 3.05) is 12.0 Å². The van der Waals surface area contributed by atoms with Crippen molar-refractivity contribution in [3.05, 3.63) is 0 Å². The summed E-state index contributed by atoms with van der Waals surface area (Å²) in [6, 6.07) is -0.378. The van der Waals surface area contributed by atoms with Crippen LogP contribution in [0, 0.1) is 0 Å². The fourth-order valence-corrected chi connectivity index (χ4v) is 2.02. The van der Waals surface area contributed by atoms with E-state index in [9.17, 15) is 9.00 Å².